The SMILES string of the molecule is Cc1cccc(C)c1NC(=O)C(c1ccccc1)N(S)C(=O)Nc1ccccc1[N+](=O)[O-]. The lowest BCUT2D eigenvalue weighted by atomic mass is 10.0. The van der Waals surface area contributed by atoms with E-state index >= 15 is 0 Å². The van der Waals surface area contributed by atoms with Crippen molar-refractivity contribution in [3.63, 3.8) is 0 Å². The van der Waals surface area contributed by atoms with Crippen LogP contribution in [0.2, 0.25) is 0 Å². The maximum Gasteiger partial charge on any atom is 0.332 e. The van der Waals surface area contributed by atoms with E-state index in [0.717, 1.165) is 15.4 Å². The third-order valence-electron chi connectivity index (χ3n) is 4.89. The number of carbonyl (C=O) groups excluding carboxylic acids is 2. The van der Waals surface area contributed by atoms with E-state index in [1.165, 1.54) is 18.2 Å². The van der Waals surface area contributed by atoms with Gasteiger partial charge in [0, 0.05) is 11.8 Å². The summed E-state index contributed by atoms with van der Waals surface area (Å²) in [6.45, 7) is 3.75. The molecule has 8 nitrogen and oxygen atoms in total. The lowest BCUT2D eigenvalue weighted by Crippen LogP contribution is -2.38. The number of nitrogens with one attached hydrogen (secondary N) is 2. The fraction of sp³-hybridized carbons (Fsp3) is 0.130. The van der Waals surface area contributed by atoms with E-state index in [4.69, 9.17) is 0 Å². The maximum atomic E-state index is 13.3. The van der Waals surface area contributed by atoms with Gasteiger partial charge < -0.3 is 10.6 Å². The Morgan fingerprint density at radius 2 is 1.50 bits per heavy atom. The Bertz CT molecular complexity index is 1130. The summed E-state index contributed by atoms with van der Waals surface area (Å²) in [4.78, 5) is 36.9. The van der Waals surface area contributed by atoms with Crippen LogP contribution < -0.4 is 10.6 Å². The third kappa shape index (κ3) is 5.06. The molecule has 0 aliphatic heterocycles. The van der Waals surface area contributed by atoms with Gasteiger partial charge in [-0.2, -0.15) is 0 Å². The summed E-state index contributed by atoms with van der Waals surface area (Å²) in [5, 5.41) is 16.6. The molecule has 32 heavy (non-hydrogen) atoms. The summed E-state index contributed by atoms with van der Waals surface area (Å²) < 4.78 is 0.926. The van der Waals surface area contributed by atoms with Crippen LogP contribution in [0.3, 0.4) is 0 Å². The number of amides is 3. The Morgan fingerprint density at radius 3 is 2.12 bits per heavy atom. The lowest BCUT2D eigenvalue weighted by molar-refractivity contribution is -0.383. The van der Waals surface area contributed by atoms with Gasteiger partial charge in [-0.3, -0.25) is 19.2 Å². The second-order valence-electron chi connectivity index (χ2n) is 7.12. The molecule has 2 N–H and O–H groups in total. The fourth-order valence-electron chi connectivity index (χ4n) is 3.27. The number of nitro groups is 1. The molecule has 3 amide bonds. The number of carbonyl (C=O) groups is 2. The van der Waals surface area contributed by atoms with Crippen LogP contribution in [-0.4, -0.2) is 21.2 Å². The van der Waals surface area contributed by atoms with Crippen molar-refractivity contribution in [2.75, 3.05) is 10.6 Å². The van der Waals surface area contributed by atoms with E-state index in [1.807, 2.05) is 32.0 Å². The zero-order valence-electron chi connectivity index (χ0n) is 17.5. The summed E-state index contributed by atoms with van der Waals surface area (Å²) in [7, 11) is 0. The van der Waals surface area contributed by atoms with E-state index in [9.17, 15) is 19.7 Å². The van der Waals surface area contributed by atoms with Crippen molar-refractivity contribution in [2.45, 2.75) is 19.9 Å². The van der Waals surface area contributed by atoms with Crippen LogP contribution in [0.1, 0.15) is 22.7 Å². The highest BCUT2D eigenvalue weighted by Crippen LogP contribution is 2.29. The van der Waals surface area contributed by atoms with Gasteiger partial charge in [0.2, 0.25) is 0 Å². The number of nitro benzene ring substituents is 1. The highest BCUT2D eigenvalue weighted by molar-refractivity contribution is 7.78. The van der Waals surface area contributed by atoms with Crippen LogP contribution in [0.5, 0.6) is 0 Å². The minimum Gasteiger partial charge on any atom is -0.323 e. The van der Waals surface area contributed by atoms with Gasteiger partial charge in [0.1, 0.15) is 11.7 Å². The molecule has 164 valence electrons. The summed E-state index contributed by atoms with van der Waals surface area (Å²) >= 11 is 4.30. The minimum atomic E-state index is -1.10. The van der Waals surface area contributed by atoms with Crippen LogP contribution in [0, 0.1) is 24.0 Å². The first-order valence-corrected chi connectivity index (χ1v) is 10.1. The molecule has 0 aliphatic carbocycles. The first-order valence-electron chi connectivity index (χ1n) is 9.74. The quantitative estimate of drug-likeness (QED) is 0.270. The largest absolute Gasteiger partial charge is 0.332 e. The molecule has 1 atom stereocenters. The first-order chi connectivity index (χ1) is 15.3. The van der Waals surface area contributed by atoms with Crippen molar-refractivity contribution >= 4 is 41.8 Å². The van der Waals surface area contributed by atoms with Crippen LogP contribution in [-0.2, 0) is 4.79 Å². The van der Waals surface area contributed by atoms with E-state index in [1.54, 1.807) is 36.4 Å². The van der Waals surface area contributed by atoms with E-state index in [0.29, 0.717) is 11.3 Å². The molecule has 3 rings (SSSR count). The zero-order chi connectivity index (χ0) is 23.3. The van der Waals surface area contributed by atoms with Crippen LogP contribution in [0.4, 0.5) is 21.9 Å². The number of hydrogen-bond acceptors (Lipinski definition) is 5. The number of para-hydroxylation sites is 3. The second kappa shape index (κ2) is 9.97. The molecule has 0 bridgehead atoms. The molecule has 1 unspecified atom stereocenters. The number of thiol groups is 1. The molecule has 0 radical (unpaired) electrons. The Kier molecular flexibility index (Phi) is 7.11. The number of anilines is 2. The van der Waals surface area contributed by atoms with Gasteiger partial charge in [-0.25, -0.2) is 4.79 Å². The molecule has 0 spiro atoms. The summed E-state index contributed by atoms with van der Waals surface area (Å²) in [6, 6.07) is 18.2. The van der Waals surface area contributed by atoms with Gasteiger partial charge in [-0.1, -0.05) is 73.5 Å². The summed E-state index contributed by atoms with van der Waals surface area (Å²) in [6.07, 6.45) is 0. The average molecular weight is 451 g/mol. The number of benzene rings is 3. The molecular weight excluding hydrogens is 428 g/mol. The topological polar surface area (TPSA) is 105 Å². The van der Waals surface area contributed by atoms with E-state index in [-0.39, 0.29) is 11.4 Å². The number of hydrogen-bond donors (Lipinski definition) is 3. The van der Waals surface area contributed by atoms with E-state index < -0.39 is 22.9 Å². The van der Waals surface area contributed by atoms with Crippen LogP contribution in [0.25, 0.3) is 0 Å². The highest BCUT2D eigenvalue weighted by atomic mass is 32.1. The summed E-state index contributed by atoms with van der Waals surface area (Å²) in [5.41, 5.74) is 2.67. The minimum absolute atomic E-state index is 0.00326. The van der Waals surface area contributed by atoms with Crippen molar-refractivity contribution in [2.24, 2.45) is 0 Å². The Balaban J connectivity index is 1.91. The standard InChI is InChI=1S/C23H22N4O4S/c1-15-9-8-10-16(2)20(15)25-22(28)21(17-11-4-3-5-12-17)26(32)23(29)24-18-13-6-7-14-19(18)27(30)31/h3-14,21,32H,1-2H3,(H,24,29)(H,25,28). The van der Waals surface area contributed by atoms with Gasteiger partial charge in [0.05, 0.1) is 4.92 Å². The molecule has 0 aliphatic rings. The zero-order valence-corrected chi connectivity index (χ0v) is 18.4. The first kappa shape index (κ1) is 22.8. The molecule has 0 aromatic heterocycles. The van der Waals surface area contributed by atoms with Crippen molar-refractivity contribution < 1.29 is 14.5 Å². The predicted octanol–water partition coefficient (Wildman–Crippen LogP) is 5.27. The monoisotopic (exact) mass is 450 g/mol. The number of nitrogens with zero attached hydrogens (tertiary/aromatic N) is 2. The molecule has 3 aromatic carbocycles. The molecule has 9 heteroatoms. The smallest absolute Gasteiger partial charge is 0.323 e. The Hall–Kier alpha value is -3.85. The highest BCUT2D eigenvalue weighted by Gasteiger charge is 2.31. The van der Waals surface area contributed by atoms with Crippen molar-refractivity contribution in [3.8, 4) is 0 Å². The van der Waals surface area contributed by atoms with Gasteiger partial charge in [-0.15, -0.1) is 0 Å². The molecule has 0 fully saturated rings. The van der Waals surface area contributed by atoms with E-state index in [2.05, 4.69) is 23.4 Å². The van der Waals surface area contributed by atoms with Gasteiger partial charge in [0.15, 0.2) is 0 Å². The molecule has 0 saturated carbocycles. The van der Waals surface area contributed by atoms with Crippen LogP contribution in [0.15, 0.2) is 72.8 Å². The van der Waals surface area contributed by atoms with Crippen LogP contribution >= 0.6 is 12.8 Å². The molecule has 0 heterocycles. The number of rotatable bonds is 6. The predicted molar refractivity (Wildman–Crippen MR) is 127 cm³/mol. The Morgan fingerprint density at radius 1 is 0.906 bits per heavy atom. The van der Waals surface area contributed by atoms with Gasteiger partial charge in [0.25, 0.3) is 11.6 Å². The average Bonchev–Trinajstić information content (AvgIpc) is 2.77. The number of urea groups is 1. The molecule has 0 saturated heterocycles. The lowest BCUT2D eigenvalue weighted by Gasteiger charge is -2.27. The fourth-order valence-corrected chi connectivity index (χ4v) is 3.56. The van der Waals surface area contributed by atoms with Crippen molar-refractivity contribution in [1.82, 2.24) is 4.31 Å². The molecular formula is C23H22N4O4S. The second-order valence-corrected chi connectivity index (χ2v) is 7.55. The van der Waals surface area contributed by atoms with Gasteiger partial charge in [-0.05, 0) is 36.6 Å². The molecule has 3 aromatic rings. The normalized spacial score (nSPS) is 11.3. The van der Waals surface area contributed by atoms with Gasteiger partial charge >= 0.3 is 6.03 Å². The Labute approximate surface area is 190 Å². The summed E-state index contributed by atoms with van der Waals surface area (Å²) in [5.74, 6) is -0.471. The van der Waals surface area contributed by atoms with Crippen molar-refractivity contribution in [3.05, 3.63) is 99.6 Å². The number of aryl methyl sites for hydroxylation is 2. The third-order valence-corrected chi connectivity index (χ3v) is 5.30. The maximum absolute atomic E-state index is 13.3. The van der Waals surface area contributed by atoms with Crippen molar-refractivity contribution in [1.29, 1.82) is 0 Å².